The molecule has 2 heterocycles. The van der Waals surface area contributed by atoms with E-state index in [1.165, 1.54) is 6.07 Å². The van der Waals surface area contributed by atoms with E-state index in [9.17, 15) is 9.18 Å². The molecule has 0 saturated carbocycles. The quantitative estimate of drug-likeness (QED) is 0.615. The van der Waals surface area contributed by atoms with Gasteiger partial charge in [0.2, 0.25) is 5.91 Å². The molecule has 1 aliphatic rings. The number of benzene rings is 2. The first kappa shape index (κ1) is 18.3. The summed E-state index contributed by atoms with van der Waals surface area (Å²) < 4.78 is 16.0. The molecule has 144 valence electrons. The molecule has 6 nitrogen and oxygen atoms in total. The zero-order chi connectivity index (χ0) is 19.3. The third-order valence-electron chi connectivity index (χ3n) is 4.97. The van der Waals surface area contributed by atoms with Crippen LogP contribution in [0.15, 0.2) is 73.3 Å². The molecule has 3 atom stereocenters. The summed E-state index contributed by atoms with van der Waals surface area (Å²) in [6.45, 7) is 0.576. The Balaban J connectivity index is 1.45. The Morgan fingerprint density at radius 1 is 1.18 bits per heavy atom. The van der Waals surface area contributed by atoms with Gasteiger partial charge in [0.25, 0.3) is 0 Å². The Labute approximate surface area is 162 Å². The molecule has 7 heteroatoms. The van der Waals surface area contributed by atoms with E-state index in [-0.39, 0.29) is 23.8 Å². The van der Waals surface area contributed by atoms with Crippen molar-refractivity contribution in [2.75, 3.05) is 0 Å². The molecule has 28 heavy (non-hydrogen) atoms. The second kappa shape index (κ2) is 8.33. The Morgan fingerprint density at radius 2 is 1.96 bits per heavy atom. The van der Waals surface area contributed by atoms with Gasteiger partial charge >= 0.3 is 0 Å². The van der Waals surface area contributed by atoms with Crippen LogP contribution in [-0.4, -0.2) is 21.5 Å². The number of hydrazine groups is 1. The lowest BCUT2D eigenvalue weighted by molar-refractivity contribution is -0.123. The van der Waals surface area contributed by atoms with Crippen LogP contribution in [-0.2, 0) is 11.3 Å². The maximum Gasteiger partial charge on any atom is 0.239 e. The predicted molar refractivity (Wildman–Crippen MR) is 103 cm³/mol. The first-order valence-electron chi connectivity index (χ1n) is 9.27. The molecule has 1 fully saturated rings. The van der Waals surface area contributed by atoms with Crippen LogP contribution in [0.4, 0.5) is 4.39 Å². The van der Waals surface area contributed by atoms with Gasteiger partial charge < -0.3 is 9.88 Å². The minimum Gasteiger partial charge on any atom is -0.346 e. The number of carbonyl (C=O) groups is 1. The van der Waals surface area contributed by atoms with E-state index in [4.69, 9.17) is 0 Å². The highest BCUT2D eigenvalue weighted by molar-refractivity contribution is 5.82. The van der Waals surface area contributed by atoms with Gasteiger partial charge in [-0.1, -0.05) is 48.5 Å². The molecule has 1 aromatic heterocycles. The molecule has 3 N–H and O–H groups in total. The molecule has 0 spiro atoms. The highest BCUT2D eigenvalue weighted by Crippen LogP contribution is 2.25. The Morgan fingerprint density at radius 3 is 2.71 bits per heavy atom. The molecule has 1 amide bonds. The number of nitrogens with zero attached hydrogens (tertiary/aromatic N) is 2. The first-order chi connectivity index (χ1) is 13.7. The highest BCUT2D eigenvalue weighted by atomic mass is 19.1. The summed E-state index contributed by atoms with van der Waals surface area (Å²) in [5.41, 5.74) is 7.61. The zero-order valence-electron chi connectivity index (χ0n) is 15.3. The van der Waals surface area contributed by atoms with E-state index < -0.39 is 6.04 Å². The van der Waals surface area contributed by atoms with E-state index in [2.05, 4.69) is 21.2 Å². The molecule has 3 aromatic rings. The molecule has 3 unspecified atom stereocenters. The highest BCUT2D eigenvalue weighted by Gasteiger charge is 2.32. The van der Waals surface area contributed by atoms with Gasteiger partial charge in [0.15, 0.2) is 0 Å². The molecule has 0 aliphatic carbocycles. The standard InChI is InChI=1S/C21H22FN5O/c22-17-9-5-4-8-16(17)18-12-19(26-25-18)21(28)24-20(13-27-11-10-23-14-27)15-6-2-1-3-7-15/h1-11,14,18-20,25-26H,12-13H2,(H,24,28). The molecule has 1 saturated heterocycles. The Bertz CT molecular complexity index is 916. The summed E-state index contributed by atoms with van der Waals surface area (Å²) in [5.74, 6) is -0.398. The molecular weight excluding hydrogens is 357 g/mol. The van der Waals surface area contributed by atoms with Crippen LogP contribution >= 0.6 is 0 Å². The summed E-state index contributed by atoms with van der Waals surface area (Å²) in [6, 6.07) is 15.6. The van der Waals surface area contributed by atoms with Crippen molar-refractivity contribution in [1.82, 2.24) is 25.7 Å². The van der Waals surface area contributed by atoms with Crippen LogP contribution in [0, 0.1) is 5.82 Å². The predicted octanol–water partition coefficient (Wildman–Crippen LogP) is 2.49. The second-order valence-corrected chi connectivity index (χ2v) is 6.88. The van der Waals surface area contributed by atoms with E-state index in [1.807, 2.05) is 41.1 Å². The van der Waals surface area contributed by atoms with Crippen molar-refractivity contribution in [3.05, 3.63) is 90.3 Å². The van der Waals surface area contributed by atoms with Crippen LogP contribution in [0.25, 0.3) is 0 Å². The van der Waals surface area contributed by atoms with Crippen molar-refractivity contribution < 1.29 is 9.18 Å². The molecule has 0 radical (unpaired) electrons. The monoisotopic (exact) mass is 379 g/mol. The maximum absolute atomic E-state index is 14.0. The van der Waals surface area contributed by atoms with Crippen molar-refractivity contribution >= 4 is 5.91 Å². The third-order valence-corrected chi connectivity index (χ3v) is 4.97. The second-order valence-electron chi connectivity index (χ2n) is 6.88. The molecular formula is C21H22FN5O. The number of aromatic nitrogens is 2. The van der Waals surface area contributed by atoms with Gasteiger partial charge in [0, 0.05) is 24.5 Å². The fourth-order valence-electron chi connectivity index (χ4n) is 3.49. The van der Waals surface area contributed by atoms with Gasteiger partial charge in [0.1, 0.15) is 11.9 Å². The third kappa shape index (κ3) is 4.11. The van der Waals surface area contributed by atoms with E-state index in [0.717, 1.165) is 5.56 Å². The topological polar surface area (TPSA) is 71.0 Å². The molecule has 0 bridgehead atoms. The SMILES string of the molecule is O=C(NC(Cn1ccnc1)c1ccccc1)C1CC(c2ccccc2F)NN1. The average Bonchev–Trinajstić information content (AvgIpc) is 3.41. The zero-order valence-corrected chi connectivity index (χ0v) is 15.3. The number of halogens is 1. The van der Waals surface area contributed by atoms with E-state index in [0.29, 0.717) is 18.5 Å². The lowest BCUT2D eigenvalue weighted by atomic mass is 10.0. The number of hydrogen-bond donors (Lipinski definition) is 3. The van der Waals surface area contributed by atoms with Crippen molar-refractivity contribution in [2.24, 2.45) is 0 Å². The van der Waals surface area contributed by atoms with Gasteiger partial charge in [-0.2, -0.15) is 0 Å². The normalized spacial score (nSPS) is 20.0. The van der Waals surface area contributed by atoms with Crippen LogP contribution in [0.5, 0.6) is 0 Å². The molecule has 2 aromatic carbocycles. The van der Waals surface area contributed by atoms with Crippen molar-refractivity contribution in [2.45, 2.75) is 31.1 Å². The summed E-state index contributed by atoms with van der Waals surface area (Å²) in [5, 5.41) is 3.12. The lowest BCUT2D eigenvalue weighted by Crippen LogP contribution is -2.45. The van der Waals surface area contributed by atoms with Crippen molar-refractivity contribution in [1.29, 1.82) is 0 Å². The molecule has 4 rings (SSSR count). The fourth-order valence-corrected chi connectivity index (χ4v) is 3.49. The minimum atomic E-state index is -0.446. The minimum absolute atomic E-state index is 0.125. The van der Waals surface area contributed by atoms with E-state index >= 15 is 0 Å². The van der Waals surface area contributed by atoms with Crippen LogP contribution in [0.2, 0.25) is 0 Å². The van der Waals surface area contributed by atoms with Gasteiger partial charge in [-0.15, -0.1) is 0 Å². The summed E-state index contributed by atoms with van der Waals surface area (Å²) in [6.07, 6.45) is 5.78. The largest absolute Gasteiger partial charge is 0.346 e. The molecule has 1 aliphatic heterocycles. The van der Waals surface area contributed by atoms with Crippen LogP contribution in [0.3, 0.4) is 0 Å². The van der Waals surface area contributed by atoms with Gasteiger partial charge in [0.05, 0.1) is 18.4 Å². The maximum atomic E-state index is 14.0. The van der Waals surface area contributed by atoms with E-state index in [1.54, 1.807) is 30.7 Å². The number of imidazole rings is 1. The van der Waals surface area contributed by atoms with Crippen LogP contribution < -0.4 is 16.2 Å². The number of nitrogens with one attached hydrogen (secondary N) is 3. The number of amides is 1. The Kier molecular flexibility index (Phi) is 5.45. The number of hydrogen-bond acceptors (Lipinski definition) is 4. The summed E-state index contributed by atoms with van der Waals surface area (Å²) in [7, 11) is 0. The van der Waals surface area contributed by atoms with Gasteiger partial charge in [-0.3, -0.25) is 4.79 Å². The van der Waals surface area contributed by atoms with Crippen molar-refractivity contribution in [3.63, 3.8) is 0 Å². The van der Waals surface area contributed by atoms with Crippen LogP contribution in [0.1, 0.15) is 29.6 Å². The first-order valence-corrected chi connectivity index (χ1v) is 9.27. The van der Waals surface area contributed by atoms with Crippen molar-refractivity contribution in [3.8, 4) is 0 Å². The lowest BCUT2D eigenvalue weighted by Gasteiger charge is -2.21. The number of carbonyl (C=O) groups excluding carboxylic acids is 1. The van der Waals surface area contributed by atoms with Gasteiger partial charge in [-0.05, 0) is 18.1 Å². The fraction of sp³-hybridized carbons (Fsp3) is 0.238. The smallest absolute Gasteiger partial charge is 0.239 e. The van der Waals surface area contributed by atoms with Gasteiger partial charge in [-0.25, -0.2) is 20.2 Å². The number of rotatable bonds is 6. The summed E-state index contributed by atoms with van der Waals surface area (Å²) in [4.78, 5) is 17.0. The average molecular weight is 379 g/mol. The Hall–Kier alpha value is -3.03. The summed E-state index contributed by atoms with van der Waals surface area (Å²) >= 11 is 0.